The van der Waals surface area contributed by atoms with E-state index in [1.165, 1.54) is 7.11 Å². The van der Waals surface area contributed by atoms with E-state index in [9.17, 15) is 9.59 Å². The van der Waals surface area contributed by atoms with Crippen molar-refractivity contribution in [2.45, 2.75) is 13.3 Å². The van der Waals surface area contributed by atoms with Crippen LogP contribution >= 0.6 is 11.6 Å². The Labute approximate surface area is 99.4 Å². The number of aryl methyl sites for hydroxylation is 1. The third-order valence-corrected chi connectivity index (χ3v) is 2.48. The second-order valence-electron chi connectivity index (χ2n) is 3.38. The maximum absolute atomic E-state index is 11.6. The molecule has 1 rings (SSSR count). The van der Waals surface area contributed by atoms with E-state index in [1.54, 1.807) is 25.1 Å². The van der Waals surface area contributed by atoms with Crippen LogP contribution in [0.2, 0.25) is 0 Å². The number of alkyl halides is 1. The molecule has 0 unspecified atom stereocenters. The van der Waals surface area contributed by atoms with Gasteiger partial charge in [-0.3, -0.25) is 4.79 Å². The van der Waals surface area contributed by atoms with Crippen LogP contribution in [0.15, 0.2) is 18.2 Å². The van der Waals surface area contributed by atoms with Crippen LogP contribution in [0.5, 0.6) is 0 Å². The van der Waals surface area contributed by atoms with Crippen LogP contribution in [0.3, 0.4) is 0 Å². The van der Waals surface area contributed by atoms with Crippen molar-refractivity contribution in [2.24, 2.45) is 0 Å². The molecule has 0 heterocycles. The van der Waals surface area contributed by atoms with Gasteiger partial charge in [-0.2, -0.15) is 0 Å². The fourth-order valence-corrected chi connectivity index (χ4v) is 1.53. The summed E-state index contributed by atoms with van der Waals surface area (Å²) in [5.74, 6) is -0.224. The topological polar surface area (TPSA) is 43.4 Å². The number of Topliss-reactive ketones (excluding diaryl/α,β-unsaturated/α-hetero) is 1. The van der Waals surface area contributed by atoms with Crippen molar-refractivity contribution in [1.82, 2.24) is 0 Å². The summed E-state index contributed by atoms with van der Waals surface area (Å²) in [4.78, 5) is 23.0. The second-order valence-corrected chi connectivity index (χ2v) is 3.76. The first-order valence-electron chi connectivity index (χ1n) is 4.88. The average molecular weight is 241 g/mol. The number of esters is 1. The monoisotopic (exact) mass is 240 g/mol. The zero-order chi connectivity index (χ0) is 12.1. The number of halogens is 1. The van der Waals surface area contributed by atoms with Gasteiger partial charge in [-0.1, -0.05) is 12.1 Å². The lowest BCUT2D eigenvalue weighted by molar-refractivity contribution is 0.0600. The van der Waals surface area contributed by atoms with Crippen LogP contribution in [-0.4, -0.2) is 24.7 Å². The molecule has 16 heavy (non-hydrogen) atoms. The molecule has 0 radical (unpaired) electrons. The number of carbonyl (C=O) groups excluding carboxylic acids is 2. The zero-order valence-corrected chi connectivity index (χ0v) is 10.0. The summed E-state index contributed by atoms with van der Waals surface area (Å²) in [5.41, 5.74) is 1.70. The maximum atomic E-state index is 11.6. The summed E-state index contributed by atoms with van der Waals surface area (Å²) < 4.78 is 4.64. The predicted molar refractivity (Wildman–Crippen MR) is 62.2 cm³/mol. The molecule has 86 valence electrons. The third-order valence-electron chi connectivity index (χ3n) is 2.29. The van der Waals surface area contributed by atoms with Crippen molar-refractivity contribution >= 4 is 23.4 Å². The second kappa shape index (κ2) is 5.66. The Bertz CT molecular complexity index is 413. The molecule has 3 nitrogen and oxygen atoms in total. The van der Waals surface area contributed by atoms with Crippen molar-refractivity contribution in [3.05, 3.63) is 34.9 Å². The van der Waals surface area contributed by atoms with Crippen LogP contribution in [0, 0.1) is 6.92 Å². The number of rotatable bonds is 4. The van der Waals surface area contributed by atoms with Gasteiger partial charge in [-0.15, -0.1) is 11.6 Å². The van der Waals surface area contributed by atoms with Crippen molar-refractivity contribution in [3.8, 4) is 0 Å². The van der Waals surface area contributed by atoms with E-state index in [1.807, 2.05) is 0 Å². The first-order chi connectivity index (χ1) is 7.60. The van der Waals surface area contributed by atoms with Gasteiger partial charge < -0.3 is 4.74 Å². The Morgan fingerprint density at radius 3 is 2.62 bits per heavy atom. The number of ether oxygens (including phenoxy) is 1. The molecule has 0 aliphatic carbocycles. The average Bonchev–Trinajstić information content (AvgIpc) is 2.29. The van der Waals surface area contributed by atoms with Gasteiger partial charge >= 0.3 is 5.97 Å². The predicted octanol–water partition coefficient (Wildman–Crippen LogP) is 2.59. The van der Waals surface area contributed by atoms with Crippen LogP contribution in [0.1, 0.15) is 32.7 Å². The SMILES string of the molecule is COC(=O)c1cc(C(=O)CCCl)ccc1C. The fourth-order valence-electron chi connectivity index (χ4n) is 1.36. The molecule has 0 atom stereocenters. The van der Waals surface area contributed by atoms with E-state index in [4.69, 9.17) is 11.6 Å². The van der Waals surface area contributed by atoms with Gasteiger partial charge in [0.2, 0.25) is 0 Å². The Morgan fingerprint density at radius 2 is 2.06 bits per heavy atom. The van der Waals surface area contributed by atoms with Crippen molar-refractivity contribution in [3.63, 3.8) is 0 Å². The molecule has 0 aromatic heterocycles. The number of methoxy groups -OCH3 is 1. The highest BCUT2D eigenvalue weighted by molar-refractivity contribution is 6.19. The molecule has 0 spiro atoms. The minimum atomic E-state index is -0.432. The lowest BCUT2D eigenvalue weighted by Gasteiger charge is -2.06. The largest absolute Gasteiger partial charge is 0.465 e. The number of benzene rings is 1. The number of hydrogen-bond donors (Lipinski definition) is 0. The molecule has 1 aromatic rings. The number of carbonyl (C=O) groups is 2. The van der Waals surface area contributed by atoms with E-state index < -0.39 is 5.97 Å². The molecule has 0 aliphatic rings. The van der Waals surface area contributed by atoms with Gasteiger partial charge in [0.25, 0.3) is 0 Å². The summed E-state index contributed by atoms with van der Waals surface area (Å²) in [6, 6.07) is 4.97. The number of hydrogen-bond acceptors (Lipinski definition) is 3. The molecule has 1 aromatic carbocycles. The molecular weight excluding hydrogens is 228 g/mol. The van der Waals surface area contributed by atoms with E-state index >= 15 is 0 Å². The quantitative estimate of drug-likeness (QED) is 0.462. The summed E-state index contributed by atoms with van der Waals surface area (Å²) in [6.45, 7) is 1.79. The first kappa shape index (κ1) is 12.7. The minimum absolute atomic E-state index is 0.0693. The molecule has 0 N–H and O–H groups in total. The van der Waals surface area contributed by atoms with Crippen LogP contribution in [-0.2, 0) is 4.74 Å². The molecule has 4 heteroatoms. The molecule has 0 saturated carbocycles. The van der Waals surface area contributed by atoms with Gasteiger partial charge in [0.15, 0.2) is 5.78 Å². The van der Waals surface area contributed by atoms with Gasteiger partial charge in [0.05, 0.1) is 12.7 Å². The van der Waals surface area contributed by atoms with E-state index in [-0.39, 0.29) is 18.1 Å². The normalized spacial score (nSPS) is 9.94. The number of ketones is 1. The summed E-state index contributed by atoms with van der Waals surface area (Å²) in [5, 5.41) is 0. The van der Waals surface area contributed by atoms with Gasteiger partial charge in [0.1, 0.15) is 0 Å². The fraction of sp³-hybridized carbons (Fsp3) is 0.333. The summed E-state index contributed by atoms with van der Waals surface area (Å²) >= 11 is 5.49. The van der Waals surface area contributed by atoms with Crippen LogP contribution < -0.4 is 0 Å². The highest BCUT2D eigenvalue weighted by Gasteiger charge is 2.12. The lowest BCUT2D eigenvalue weighted by Crippen LogP contribution is -2.07. The summed E-state index contributed by atoms with van der Waals surface area (Å²) in [7, 11) is 1.31. The van der Waals surface area contributed by atoms with Crippen LogP contribution in [0.25, 0.3) is 0 Å². The minimum Gasteiger partial charge on any atom is -0.465 e. The Kier molecular flexibility index (Phi) is 4.50. The molecule has 0 bridgehead atoms. The van der Waals surface area contributed by atoms with Gasteiger partial charge in [0, 0.05) is 17.9 Å². The van der Waals surface area contributed by atoms with Crippen molar-refractivity contribution in [1.29, 1.82) is 0 Å². The molecule has 0 fully saturated rings. The Morgan fingerprint density at radius 1 is 1.38 bits per heavy atom. The first-order valence-corrected chi connectivity index (χ1v) is 5.41. The standard InChI is InChI=1S/C12H13ClO3/c1-8-3-4-9(11(14)5-6-13)7-10(8)12(15)16-2/h3-4,7H,5-6H2,1-2H3. The molecule has 0 aliphatic heterocycles. The highest BCUT2D eigenvalue weighted by Crippen LogP contribution is 2.14. The Balaban J connectivity index is 3.07. The van der Waals surface area contributed by atoms with E-state index in [0.29, 0.717) is 11.1 Å². The van der Waals surface area contributed by atoms with E-state index in [2.05, 4.69) is 4.74 Å². The van der Waals surface area contributed by atoms with Crippen molar-refractivity contribution in [2.75, 3.05) is 13.0 Å². The van der Waals surface area contributed by atoms with Gasteiger partial charge in [-0.05, 0) is 18.6 Å². The molecule has 0 amide bonds. The Hall–Kier alpha value is -1.35. The third kappa shape index (κ3) is 2.83. The summed E-state index contributed by atoms with van der Waals surface area (Å²) in [6.07, 6.45) is 0.269. The van der Waals surface area contributed by atoms with Crippen LogP contribution in [0.4, 0.5) is 0 Å². The highest BCUT2D eigenvalue weighted by atomic mass is 35.5. The van der Waals surface area contributed by atoms with Gasteiger partial charge in [-0.25, -0.2) is 4.79 Å². The van der Waals surface area contributed by atoms with Crippen molar-refractivity contribution < 1.29 is 14.3 Å². The van der Waals surface area contributed by atoms with E-state index in [0.717, 1.165) is 5.56 Å². The maximum Gasteiger partial charge on any atom is 0.338 e. The zero-order valence-electron chi connectivity index (χ0n) is 9.25. The molecular formula is C12H13ClO3. The molecule has 0 saturated heterocycles. The lowest BCUT2D eigenvalue weighted by atomic mass is 10.0. The smallest absolute Gasteiger partial charge is 0.338 e.